The van der Waals surface area contributed by atoms with Crippen LogP contribution in [0.5, 0.6) is 0 Å². The maximum Gasteiger partial charge on any atom is 0.319 e. The molecular weight excluding hydrogens is 240 g/mol. The lowest BCUT2D eigenvalue weighted by Crippen LogP contribution is -2.45. The summed E-state index contributed by atoms with van der Waals surface area (Å²) in [4.78, 5) is 13.1. The van der Waals surface area contributed by atoms with Crippen molar-refractivity contribution < 1.29 is 22.4 Å². The highest BCUT2D eigenvalue weighted by Gasteiger charge is 2.40. The van der Waals surface area contributed by atoms with E-state index in [4.69, 9.17) is 0 Å². The minimum absolute atomic E-state index is 0.310. The van der Waals surface area contributed by atoms with Crippen molar-refractivity contribution in [2.45, 2.75) is 31.6 Å². The van der Waals surface area contributed by atoms with Crippen LogP contribution in [0.15, 0.2) is 0 Å². The summed E-state index contributed by atoms with van der Waals surface area (Å²) in [5, 5.41) is 2.08. The molecule has 0 saturated carbocycles. The van der Waals surface area contributed by atoms with Gasteiger partial charge in [0.1, 0.15) is 0 Å². The van der Waals surface area contributed by atoms with E-state index in [2.05, 4.69) is 5.32 Å². The Labute approximate surface area is 97.2 Å². The topological polar surface area (TPSA) is 32.3 Å². The predicted molar refractivity (Wildman–Crippen MR) is 54.3 cm³/mol. The maximum atomic E-state index is 12.5. The van der Waals surface area contributed by atoms with Crippen LogP contribution in [0.4, 0.5) is 17.6 Å². The Morgan fingerprint density at radius 2 is 1.82 bits per heavy atom. The second-order valence-electron chi connectivity index (χ2n) is 4.11. The van der Waals surface area contributed by atoms with Crippen molar-refractivity contribution in [3.05, 3.63) is 0 Å². The number of rotatable bonds is 5. The molecule has 1 amide bonds. The highest BCUT2D eigenvalue weighted by molar-refractivity contribution is 5.78. The quantitative estimate of drug-likeness (QED) is 0.756. The highest BCUT2D eigenvalue weighted by atomic mass is 19.3. The lowest BCUT2D eigenvalue weighted by Gasteiger charge is -2.27. The van der Waals surface area contributed by atoms with Crippen molar-refractivity contribution in [1.82, 2.24) is 10.2 Å². The van der Waals surface area contributed by atoms with Crippen LogP contribution in [-0.4, -0.2) is 49.3 Å². The molecule has 0 aliphatic carbocycles. The fraction of sp³-hybridized carbons (Fsp3) is 0.900. The van der Waals surface area contributed by atoms with Crippen molar-refractivity contribution >= 4 is 5.91 Å². The molecule has 0 spiro atoms. The molecule has 1 aliphatic rings. The van der Waals surface area contributed by atoms with Crippen LogP contribution >= 0.6 is 0 Å². The standard InChI is InChI=1S/C10H16F4N2O/c11-9(12)10(13,14)7-15-6-8(17)16-4-2-1-3-5-16/h9,15H,1-7H2. The molecular formula is C10H16F4N2O. The van der Waals surface area contributed by atoms with Gasteiger partial charge in [-0.3, -0.25) is 4.79 Å². The van der Waals surface area contributed by atoms with Gasteiger partial charge in [-0.15, -0.1) is 0 Å². The summed E-state index contributed by atoms with van der Waals surface area (Å²) in [6.07, 6.45) is -0.849. The molecule has 0 radical (unpaired) electrons. The van der Waals surface area contributed by atoms with Crippen LogP contribution in [0.3, 0.4) is 0 Å². The first kappa shape index (κ1) is 14.2. The Morgan fingerprint density at radius 3 is 2.35 bits per heavy atom. The fourth-order valence-corrected chi connectivity index (χ4v) is 1.67. The number of alkyl halides is 4. The summed E-state index contributed by atoms with van der Waals surface area (Å²) < 4.78 is 48.6. The number of halogens is 4. The maximum absolute atomic E-state index is 12.5. The number of nitrogens with one attached hydrogen (secondary N) is 1. The summed E-state index contributed by atoms with van der Waals surface area (Å²) in [7, 11) is 0. The average Bonchev–Trinajstić information content (AvgIpc) is 2.29. The molecule has 0 bridgehead atoms. The third-order valence-corrected chi connectivity index (χ3v) is 2.66. The molecule has 1 aliphatic heterocycles. The Hall–Kier alpha value is -0.850. The molecule has 1 N–H and O–H groups in total. The molecule has 0 aromatic rings. The van der Waals surface area contributed by atoms with Gasteiger partial charge in [0.2, 0.25) is 5.91 Å². The SMILES string of the molecule is O=C(CNCC(F)(F)C(F)F)N1CCCCC1. The molecule has 1 saturated heterocycles. The number of carbonyl (C=O) groups is 1. The minimum Gasteiger partial charge on any atom is -0.342 e. The van der Waals surface area contributed by atoms with Gasteiger partial charge >= 0.3 is 12.3 Å². The summed E-state index contributed by atoms with van der Waals surface area (Å²) >= 11 is 0. The smallest absolute Gasteiger partial charge is 0.319 e. The van der Waals surface area contributed by atoms with Crippen molar-refractivity contribution in [2.24, 2.45) is 0 Å². The zero-order chi connectivity index (χ0) is 12.9. The zero-order valence-corrected chi connectivity index (χ0v) is 9.39. The van der Waals surface area contributed by atoms with E-state index in [0.717, 1.165) is 19.3 Å². The first-order valence-electron chi connectivity index (χ1n) is 5.58. The van der Waals surface area contributed by atoms with Gasteiger partial charge in [-0.1, -0.05) is 0 Å². The van der Waals surface area contributed by atoms with Crippen LogP contribution in [0.1, 0.15) is 19.3 Å². The fourth-order valence-electron chi connectivity index (χ4n) is 1.67. The van der Waals surface area contributed by atoms with E-state index in [1.165, 1.54) is 0 Å². The first-order valence-corrected chi connectivity index (χ1v) is 5.58. The van der Waals surface area contributed by atoms with Crippen LogP contribution in [-0.2, 0) is 4.79 Å². The Kier molecular flexibility index (Phi) is 5.17. The number of nitrogens with zero attached hydrogens (tertiary/aromatic N) is 1. The van der Waals surface area contributed by atoms with Crippen molar-refractivity contribution in [2.75, 3.05) is 26.2 Å². The molecule has 7 heteroatoms. The van der Waals surface area contributed by atoms with E-state index < -0.39 is 18.9 Å². The van der Waals surface area contributed by atoms with E-state index in [0.29, 0.717) is 13.1 Å². The summed E-state index contributed by atoms with van der Waals surface area (Å²) in [6.45, 7) is -0.260. The molecule has 0 aromatic heterocycles. The number of hydrogen-bond acceptors (Lipinski definition) is 2. The van der Waals surface area contributed by atoms with E-state index in [1.54, 1.807) is 4.90 Å². The molecule has 1 fully saturated rings. The largest absolute Gasteiger partial charge is 0.342 e. The normalized spacial score (nSPS) is 17.6. The first-order chi connectivity index (χ1) is 7.93. The molecule has 3 nitrogen and oxygen atoms in total. The number of amides is 1. The second-order valence-corrected chi connectivity index (χ2v) is 4.11. The molecule has 17 heavy (non-hydrogen) atoms. The van der Waals surface area contributed by atoms with Crippen LogP contribution < -0.4 is 5.32 Å². The monoisotopic (exact) mass is 256 g/mol. The van der Waals surface area contributed by atoms with Crippen LogP contribution in [0, 0.1) is 0 Å². The van der Waals surface area contributed by atoms with E-state index in [1.807, 2.05) is 0 Å². The Morgan fingerprint density at radius 1 is 1.24 bits per heavy atom. The molecule has 0 atom stereocenters. The van der Waals surface area contributed by atoms with Crippen LogP contribution in [0.2, 0.25) is 0 Å². The molecule has 1 heterocycles. The predicted octanol–water partition coefficient (Wildman–Crippen LogP) is 1.49. The van der Waals surface area contributed by atoms with Gasteiger partial charge in [0.15, 0.2) is 0 Å². The number of hydrogen-bond donors (Lipinski definition) is 1. The van der Waals surface area contributed by atoms with Gasteiger partial charge in [-0.2, -0.15) is 8.78 Å². The van der Waals surface area contributed by atoms with Crippen molar-refractivity contribution in [3.8, 4) is 0 Å². The number of carbonyl (C=O) groups excluding carboxylic acids is 1. The van der Waals surface area contributed by atoms with Gasteiger partial charge in [0, 0.05) is 13.1 Å². The summed E-state index contributed by atoms with van der Waals surface area (Å²) in [5.74, 6) is -4.39. The van der Waals surface area contributed by atoms with Crippen molar-refractivity contribution in [1.29, 1.82) is 0 Å². The lowest BCUT2D eigenvalue weighted by atomic mass is 10.1. The molecule has 0 unspecified atom stereocenters. The average molecular weight is 256 g/mol. The molecule has 1 rings (SSSR count). The van der Waals surface area contributed by atoms with Gasteiger partial charge < -0.3 is 10.2 Å². The number of piperidine rings is 1. The second kappa shape index (κ2) is 6.18. The highest BCUT2D eigenvalue weighted by Crippen LogP contribution is 2.21. The van der Waals surface area contributed by atoms with E-state index in [-0.39, 0.29) is 12.5 Å². The third-order valence-electron chi connectivity index (χ3n) is 2.66. The minimum atomic E-state index is -4.08. The van der Waals surface area contributed by atoms with Crippen LogP contribution in [0.25, 0.3) is 0 Å². The van der Waals surface area contributed by atoms with Gasteiger partial charge in [0.25, 0.3) is 0 Å². The Bertz CT molecular complexity index is 255. The molecule has 100 valence electrons. The van der Waals surface area contributed by atoms with Crippen molar-refractivity contribution in [3.63, 3.8) is 0 Å². The van der Waals surface area contributed by atoms with E-state index in [9.17, 15) is 22.4 Å². The third kappa shape index (κ3) is 4.49. The van der Waals surface area contributed by atoms with Gasteiger partial charge in [-0.25, -0.2) is 8.78 Å². The lowest BCUT2D eigenvalue weighted by molar-refractivity contribution is -0.134. The zero-order valence-electron chi connectivity index (χ0n) is 9.39. The Balaban J connectivity index is 2.24. The molecule has 0 aromatic carbocycles. The summed E-state index contributed by atoms with van der Waals surface area (Å²) in [6, 6.07) is 0. The van der Waals surface area contributed by atoms with Gasteiger partial charge in [-0.05, 0) is 19.3 Å². The summed E-state index contributed by atoms with van der Waals surface area (Å²) in [5.41, 5.74) is 0. The number of likely N-dealkylation sites (tertiary alicyclic amines) is 1. The van der Waals surface area contributed by atoms with E-state index >= 15 is 0 Å². The van der Waals surface area contributed by atoms with Gasteiger partial charge in [0.05, 0.1) is 13.1 Å².